The van der Waals surface area contributed by atoms with E-state index < -0.39 is 0 Å². The van der Waals surface area contributed by atoms with Crippen molar-refractivity contribution in [3.63, 3.8) is 0 Å². The molecule has 1 aromatic heterocycles. The van der Waals surface area contributed by atoms with E-state index in [1.165, 1.54) is 13.4 Å². The molecule has 2 heterocycles. The van der Waals surface area contributed by atoms with Crippen LogP contribution in [0.2, 0.25) is 0 Å². The Balaban J connectivity index is 2.01. The van der Waals surface area contributed by atoms with Gasteiger partial charge in [0.25, 0.3) is 5.91 Å². The van der Waals surface area contributed by atoms with E-state index in [-0.39, 0.29) is 17.8 Å². The standard InChI is InChI=1S/C12H15NO4/c1-8-5-10(7-17-8)11(14)13-4-3-9(6-13)12(15)16-2/h5,7,9H,3-4,6H2,1-2H3. The number of amides is 1. The molecule has 1 atom stereocenters. The van der Waals surface area contributed by atoms with Crippen LogP contribution in [0.1, 0.15) is 22.5 Å². The minimum atomic E-state index is -0.247. The van der Waals surface area contributed by atoms with E-state index in [9.17, 15) is 9.59 Å². The Morgan fingerprint density at radius 3 is 2.88 bits per heavy atom. The van der Waals surface area contributed by atoms with Crippen molar-refractivity contribution in [2.45, 2.75) is 13.3 Å². The molecule has 0 aromatic carbocycles. The van der Waals surface area contributed by atoms with Gasteiger partial charge in [-0.15, -0.1) is 0 Å². The van der Waals surface area contributed by atoms with Crippen LogP contribution in [0.15, 0.2) is 16.7 Å². The highest BCUT2D eigenvalue weighted by molar-refractivity contribution is 5.94. The summed E-state index contributed by atoms with van der Waals surface area (Å²) < 4.78 is 9.78. The summed E-state index contributed by atoms with van der Waals surface area (Å²) in [5, 5.41) is 0. The zero-order valence-electron chi connectivity index (χ0n) is 9.93. The van der Waals surface area contributed by atoms with Crippen LogP contribution in [0.4, 0.5) is 0 Å². The van der Waals surface area contributed by atoms with Gasteiger partial charge in [-0.1, -0.05) is 0 Å². The summed E-state index contributed by atoms with van der Waals surface area (Å²) in [5.74, 6) is 0.172. The monoisotopic (exact) mass is 237 g/mol. The molecule has 1 unspecified atom stereocenters. The second kappa shape index (κ2) is 4.61. The lowest BCUT2D eigenvalue weighted by Crippen LogP contribution is -2.29. The smallest absolute Gasteiger partial charge is 0.310 e. The van der Waals surface area contributed by atoms with Gasteiger partial charge in [0.05, 0.1) is 18.6 Å². The number of carbonyl (C=O) groups is 2. The summed E-state index contributed by atoms with van der Waals surface area (Å²) in [6, 6.07) is 1.70. The lowest BCUT2D eigenvalue weighted by molar-refractivity contribution is -0.144. The molecule has 5 nitrogen and oxygen atoms in total. The SMILES string of the molecule is COC(=O)C1CCN(C(=O)c2coc(C)c2)C1. The number of hydrogen-bond acceptors (Lipinski definition) is 4. The van der Waals surface area contributed by atoms with E-state index in [1.807, 2.05) is 0 Å². The number of furan rings is 1. The molecule has 0 radical (unpaired) electrons. The molecule has 0 saturated carbocycles. The van der Waals surface area contributed by atoms with Gasteiger partial charge in [0.1, 0.15) is 12.0 Å². The van der Waals surface area contributed by atoms with E-state index in [0.717, 1.165) is 0 Å². The van der Waals surface area contributed by atoms with Gasteiger partial charge in [-0.3, -0.25) is 9.59 Å². The molecule has 0 spiro atoms. The van der Waals surface area contributed by atoms with Crippen LogP contribution in [0.5, 0.6) is 0 Å². The molecule has 0 bridgehead atoms. The topological polar surface area (TPSA) is 59.8 Å². The molecule has 92 valence electrons. The largest absolute Gasteiger partial charge is 0.469 e. The summed E-state index contributed by atoms with van der Waals surface area (Å²) in [4.78, 5) is 25.0. The van der Waals surface area contributed by atoms with E-state index >= 15 is 0 Å². The number of esters is 1. The molecule has 5 heteroatoms. The normalized spacial score (nSPS) is 19.4. The molecule has 1 amide bonds. The lowest BCUT2D eigenvalue weighted by Gasteiger charge is -2.14. The van der Waals surface area contributed by atoms with Gasteiger partial charge in [0.2, 0.25) is 0 Å². The van der Waals surface area contributed by atoms with Gasteiger partial charge in [0, 0.05) is 13.1 Å². The number of ether oxygens (including phenoxy) is 1. The van der Waals surface area contributed by atoms with Gasteiger partial charge in [-0.2, -0.15) is 0 Å². The van der Waals surface area contributed by atoms with Gasteiger partial charge < -0.3 is 14.1 Å². The number of rotatable bonds is 2. The quantitative estimate of drug-likeness (QED) is 0.726. The molecule has 0 N–H and O–H groups in total. The van der Waals surface area contributed by atoms with E-state index in [0.29, 0.717) is 30.8 Å². The molecule has 1 aromatic rings. The van der Waals surface area contributed by atoms with Crippen molar-refractivity contribution in [2.24, 2.45) is 5.92 Å². The third-order valence-electron chi connectivity index (χ3n) is 2.99. The average molecular weight is 237 g/mol. The Labute approximate surface area is 99.3 Å². The van der Waals surface area contributed by atoms with Crippen molar-refractivity contribution in [3.8, 4) is 0 Å². The Kier molecular flexibility index (Phi) is 3.17. The van der Waals surface area contributed by atoms with Crippen LogP contribution in [-0.4, -0.2) is 37.0 Å². The summed E-state index contributed by atoms with van der Waals surface area (Å²) >= 11 is 0. The van der Waals surface area contributed by atoms with Crippen molar-refractivity contribution in [3.05, 3.63) is 23.7 Å². The molecular weight excluding hydrogens is 222 g/mol. The molecule has 17 heavy (non-hydrogen) atoms. The average Bonchev–Trinajstić information content (AvgIpc) is 2.95. The first-order valence-corrected chi connectivity index (χ1v) is 5.54. The zero-order valence-corrected chi connectivity index (χ0v) is 9.93. The molecule has 2 rings (SSSR count). The van der Waals surface area contributed by atoms with Gasteiger partial charge in [-0.25, -0.2) is 0 Å². The molecule has 1 fully saturated rings. The van der Waals surface area contributed by atoms with Crippen molar-refractivity contribution >= 4 is 11.9 Å². The third-order valence-corrected chi connectivity index (χ3v) is 2.99. The maximum absolute atomic E-state index is 12.0. The van der Waals surface area contributed by atoms with Crippen LogP contribution in [0, 0.1) is 12.8 Å². The Morgan fingerprint density at radius 2 is 2.29 bits per heavy atom. The number of nitrogens with zero attached hydrogens (tertiary/aromatic N) is 1. The van der Waals surface area contributed by atoms with Crippen LogP contribution in [-0.2, 0) is 9.53 Å². The van der Waals surface area contributed by atoms with E-state index in [1.54, 1.807) is 17.9 Å². The highest BCUT2D eigenvalue weighted by atomic mass is 16.5. The van der Waals surface area contributed by atoms with Crippen molar-refractivity contribution in [2.75, 3.05) is 20.2 Å². The number of aryl methyl sites for hydroxylation is 1. The first kappa shape index (κ1) is 11.7. The lowest BCUT2D eigenvalue weighted by atomic mass is 10.1. The van der Waals surface area contributed by atoms with Crippen molar-refractivity contribution < 1.29 is 18.7 Å². The first-order valence-electron chi connectivity index (χ1n) is 5.54. The van der Waals surface area contributed by atoms with Crippen molar-refractivity contribution in [1.82, 2.24) is 4.90 Å². The maximum Gasteiger partial charge on any atom is 0.310 e. The molecular formula is C12H15NO4. The second-order valence-corrected chi connectivity index (χ2v) is 4.21. The molecule has 1 aliphatic rings. The Bertz CT molecular complexity index is 437. The zero-order chi connectivity index (χ0) is 12.4. The van der Waals surface area contributed by atoms with Gasteiger partial charge in [-0.05, 0) is 19.4 Å². The highest BCUT2D eigenvalue weighted by Gasteiger charge is 2.32. The molecule has 1 saturated heterocycles. The molecule has 0 aliphatic carbocycles. The van der Waals surface area contributed by atoms with Crippen LogP contribution in [0.25, 0.3) is 0 Å². The Morgan fingerprint density at radius 1 is 1.53 bits per heavy atom. The maximum atomic E-state index is 12.0. The second-order valence-electron chi connectivity index (χ2n) is 4.21. The predicted molar refractivity (Wildman–Crippen MR) is 59.5 cm³/mol. The third kappa shape index (κ3) is 2.33. The van der Waals surface area contributed by atoms with Gasteiger partial charge in [0.15, 0.2) is 0 Å². The predicted octanol–water partition coefficient (Wildman–Crippen LogP) is 1.22. The number of carbonyl (C=O) groups excluding carboxylic acids is 2. The fraction of sp³-hybridized carbons (Fsp3) is 0.500. The minimum absolute atomic E-state index is 0.0896. The number of methoxy groups -OCH3 is 1. The molecule has 1 aliphatic heterocycles. The van der Waals surface area contributed by atoms with Crippen LogP contribution in [0.3, 0.4) is 0 Å². The fourth-order valence-electron chi connectivity index (χ4n) is 2.04. The Hall–Kier alpha value is -1.78. The summed E-state index contributed by atoms with van der Waals surface area (Å²) in [6.07, 6.45) is 2.11. The highest BCUT2D eigenvalue weighted by Crippen LogP contribution is 2.20. The van der Waals surface area contributed by atoms with Crippen molar-refractivity contribution in [1.29, 1.82) is 0 Å². The fourth-order valence-corrected chi connectivity index (χ4v) is 2.04. The summed E-state index contributed by atoms with van der Waals surface area (Å²) in [5.41, 5.74) is 0.535. The van der Waals surface area contributed by atoms with Crippen LogP contribution < -0.4 is 0 Å². The summed E-state index contributed by atoms with van der Waals surface area (Å²) in [6.45, 7) is 2.80. The summed E-state index contributed by atoms with van der Waals surface area (Å²) in [7, 11) is 1.37. The minimum Gasteiger partial charge on any atom is -0.469 e. The van der Waals surface area contributed by atoms with Gasteiger partial charge >= 0.3 is 5.97 Å². The van der Waals surface area contributed by atoms with E-state index in [2.05, 4.69) is 4.74 Å². The first-order chi connectivity index (χ1) is 8.11. The number of hydrogen-bond donors (Lipinski definition) is 0. The van der Waals surface area contributed by atoms with Crippen LogP contribution >= 0.6 is 0 Å². The van der Waals surface area contributed by atoms with E-state index in [4.69, 9.17) is 4.42 Å². The number of likely N-dealkylation sites (tertiary alicyclic amines) is 1.